The third-order valence-electron chi connectivity index (χ3n) is 8.98. The third-order valence-corrected chi connectivity index (χ3v) is 8.98. The molecule has 0 unspecified atom stereocenters. The van der Waals surface area contributed by atoms with Crippen LogP contribution in [-0.2, 0) is 4.79 Å². The number of hydrogen-bond acceptors (Lipinski definition) is 5. The van der Waals surface area contributed by atoms with Crippen molar-refractivity contribution in [2.45, 2.75) is 218 Å². The van der Waals surface area contributed by atoms with E-state index in [0.29, 0.717) is 12.8 Å². The van der Waals surface area contributed by atoms with Gasteiger partial charge in [0.1, 0.15) is 12.2 Å². The zero-order chi connectivity index (χ0) is 32.5. The minimum Gasteiger partial charge on any atom is -0.394 e. The number of carbonyl (C=O) groups excluding carboxylic acids is 1. The number of amides is 1. The van der Waals surface area contributed by atoms with Crippen molar-refractivity contribution in [1.82, 2.24) is 5.32 Å². The number of unbranched alkanes of at least 4 members (excludes halogenated alkanes) is 23. The molecule has 0 aliphatic heterocycles. The Balaban J connectivity index is 3.83. The van der Waals surface area contributed by atoms with E-state index in [0.717, 1.165) is 44.9 Å². The van der Waals surface area contributed by atoms with E-state index in [2.05, 4.69) is 31.3 Å². The molecular formula is C38H75NO5. The molecule has 5 N–H and O–H groups in total. The minimum absolute atomic E-state index is 0.368. The SMILES string of the molecule is CCCCCCCCCCCC/C=C/CCCC[C@@H](O)[C@@H](O)[C@H](CO)NC(=O)[C@H](O)CCCCCCCCCCCCCC. The van der Waals surface area contributed by atoms with Crippen LogP contribution < -0.4 is 5.32 Å². The van der Waals surface area contributed by atoms with Crippen molar-refractivity contribution in [3.63, 3.8) is 0 Å². The average molecular weight is 626 g/mol. The molecule has 0 spiro atoms. The van der Waals surface area contributed by atoms with Gasteiger partial charge in [0.05, 0.1) is 18.8 Å². The predicted molar refractivity (Wildman–Crippen MR) is 187 cm³/mol. The van der Waals surface area contributed by atoms with Gasteiger partial charge in [-0.05, 0) is 38.5 Å². The highest BCUT2D eigenvalue weighted by Crippen LogP contribution is 2.15. The summed E-state index contributed by atoms with van der Waals surface area (Å²) < 4.78 is 0. The molecule has 0 aliphatic carbocycles. The first-order chi connectivity index (χ1) is 21.5. The summed E-state index contributed by atoms with van der Waals surface area (Å²) in [5.74, 6) is -0.592. The van der Waals surface area contributed by atoms with E-state index in [1.165, 1.54) is 122 Å². The van der Waals surface area contributed by atoms with E-state index in [-0.39, 0.29) is 0 Å². The Morgan fingerprint density at radius 2 is 0.909 bits per heavy atom. The molecule has 0 heterocycles. The summed E-state index contributed by atoms with van der Waals surface area (Å²) >= 11 is 0. The Labute approximate surface area is 272 Å². The summed E-state index contributed by atoms with van der Waals surface area (Å²) in [5, 5.41) is 43.4. The largest absolute Gasteiger partial charge is 0.394 e. The molecule has 0 aromatic rings. The van der Waals surface area contributed by atoms with Gasteiger partial charge in [0.2, 0.25) is 5.91 Å². The molecule has 6 nitrogen and oxygen atoms in total. The Kier molecular flexibility index (Phi) is 32.7. The number of hydrogen-bond donors (Lipinski definition) is 5. The van der Waals surface area contributed by atoms with Crippen LogP contribution in [0.5, 0.6) is 0 Å². The fourth-order valence-electron chi connectivity index (χ4n) is 5.87. The molecule has 0 aromatic heterocycles. The summed E-state index contributed by atoms with van der Waals surface area (Å²) in [6.07, 6.45) is 33.7. The fraction of sp³-hybridized carbons (Fsp3) is 0.921. The van der Waals surface area contributed by atoms with Crippen molar-refractivity contribution in [2.24, 2.45) is 0 Å². The molecule has 4 atom stereocenters. The first-order valence-electron chi connectivity index (χ1n) is 19.1. The quantitative estimate of drug-likeness (QED) is 0.0362. The van der Waals surface area contributed by atoms with Crippen LogP contribution in [0.4, 0.5) is 0 Å². The second-order valence-electron chi connectivity index (χ2n) is 13.3. The second kappa shape index (κ2) is 33.4. The summed E-state index contributed by atoms with van der Waals surface area (Å²) in [7, 11) is 0. The highest BCUT2D eigenvalue weighted by Gasteiger charge is 2.28. The van der Waals surface area contributed by atoms with Crippen LogP contribution in [0.15, 0.2) is 12.2 Å². The van der Waals surface area contributed by atoms with Crippen LogP contribution in [0.25, 0.3) is 0 Å². The van der Waals surface area contributed by atoms with E-state index in [1.54, 1.807) is 0 Å². The molecule has 0 aliphatic rings. The summed E-state index contributed by atoms with van der Waals surface area (Å²) in [4.78, 5) is 12.4. The number of aliphatic hydroxyl groups excluding tert-OH is 4. The lowest BCUT2D eigenvalue weighted by molar-refractivity contribution is -0.132. The maximum Gasteiger partial charge on any atom is 0.249 e. The maximum absolute atomic E-state index is 12.4. The van der Waals surface area contributed by atoms with Gasteiger partial charge in [-0.3, -0.25) is 4.79 Å². The highest BCUT2D eigenvalue weighted by molar-refractivity contribution is 5.80. The molecule has 6 heteroatoms. The summed E-state index contributed by atoms with van der Waals surface area (Å²) in [6.45, 7) is 4.02. The smallest absolute Gasteiger partial charge is 0.249 e. The zero-order valence-corrected chi connectivity index (χ0v) is 29.2. The first kappa shape index (κ1) is 43.0. The molecule has 0 rings (SSSR count). The monoisotopic (exact) mass is 626 g/mol. The van der Waals surface area contributed by atoms with Crippen molar-refractivity contribution in [1.29, 1.82) is 0 Å². The lowest BCUT2D eigenvalue weighted by Gasteiger charge is -2.27. The first-order valence-corrected chi connectivity index (χ1v) is 19.1. The maximum atomic E-state index is 12.4. The Hall–Kier alpha value is -0.950. The lowest BCUT2D eigenvalue weighted by atomic mass is 9.99. The van der Waals surface area contributed by atoms with Gasteiger partial charge in [-0.2, -0.15) is 0 Å². The molecule has 0 aromatic carbocycles. The lowest BCUT2D eigenvalue weighted by Crippen LogP contribution is -2.53. The van der Waals surface area contributed by atoms with Crippen molar-refractivity contribution in [3.05, 3.63) is 12.2 Å². The molecule has 0 saturated carbocycles. The molecule has 0 bridgehead atoms. The number of allylic oxidation sites excluding steroid dienone is 2. The van der Waals surface area contributed by atoms with Gasteiger partial charge in [0, 0.05) is 0 Å². The standard InChI is InChI=1S/C38H75NO5/c1-3-5-7-9-11-13-15-17-18-19-20-22-23-25-27-29-31-35(41)37(43)34(33-40)39-38(44)36(42)32-30-28-26-24-21-16-14-12-10-8-6-4-2/h22-23,34-37,40-43H,3-21,24-33H2,1-2H3,(H,39,44)/b23-22+/t34-,35+,36+,37-/m0/s1. The molecule has 44 heavy (non-hydrogen) atoms. The van der Waals surface area contributed by atoms with E-state index in [1.807, 2.05) is 0 Å². The second-order valence-corrected chi connectivity index (χ2v) is 13.3. The topological polar surface area (TPSA) is 110 Å². The van der Waals surface area contributed by atoms with Crippen LogP contribution in [-0.4, -0.2) is 57.3 Å². The van der Waals surface area contributed by atoms with Gasteiger partial charge >= 0.3 is 0 Å². The Morgan fingerprint density at radius 3 is 1.34 bits per heavy atom. The van der Waals surface area contributed by atoms with Gasteiger partial charge in [-0.1, -0.05) is 167 Å². The van der Waals surface area contributed by atoms with Crippen molar-refractivity contribution < 1.29 is 25.2 Å². The Morgan fingerprint density at radius 1 is 0.545 bits per heavy atom. The molecule has 0 radical (unpaired) electrons. The molecular weight excluding hydrogens is 550 g/mol. The molecule has 0 saturated heterocycles. The van der Waals surface area contributed by atoms with Crippen LogP contribution in [0.1, 0.15) is 194 Å². The average Bonchev–Trinajstić information content (AvgIpc) is 3.03. The Bertz CT molecular complexity index is 628. The van der Waals surface area contributed by atoms with Crippen LogP contribution in [0, 0.1) is 0 Å². The van der Waals surface area contributed by atoms with E-state index in [9.17, 15) is 25.2 Å². The van der Waals surface area contributed by atoms with Crippen LogP contribution in [0.3, 0.4) is 0 Å². The highest BCUT2D eigenvalue weighted by atomic mass is 16.3. The van der Waals surface area contributed by atoms with Crippen LogP contribution in [0.2, 0.25) is 0 Å². The molecule has 0 fully saturated rings. The fourth-order valence-corrected chi connectivity index (χ4v) is 5.87. The van der Waals surface area contributed by atoms with Gasteiger partial charge in [-0.15, -0.1) is 0 Å². The zero-order valence-electron chi connectivity index (χ0n) is 29.2. The molecule has 262 valence electrons. The van der Waals surface area contributed by atoms with Gasteiger partial charge in [-0.25, -0.2) is 0 Å². The minimum atomic E-state index is -1.27. The van der Waals surface area contributed by atoms with E-state index in [4.69, 9.17) is 0 Å². The summed E-state index contributed by atoms with van der Waals surface area (Å²) in [6, 6.07) is -0.991. The number of carbonyl (C=O) groups is 1. The van der Waals surface area contributed by atoms with E-state index < -0.39 is 36.9 Å². The number of aliphatic hydroxyl groups is 4. The van der Waals surface area contributed by atoms with E-state index >= 15 is 0 Å². The summed E-state index contributed by atoms with van der Waals surface area (Å²) in [5.41, 5.74) is 0. The van der Waals surface area contributed by atoms with Crippen molar-refractivity contribution in [3.8, 4) is 0 Å². The number of nitrogens with one attached hydrogen (secondary N) is 1. The van der Waals surface area contributed by atoms with Crippen molar-refractivity contribution in [2.75, 3.05) is 6.61 Å². The van der Waals surface area contributed by atoms with Crippen molar-refractivity contribution >= 4 is 5.91 Å². The normalized spacial score (nSPS) is 14.6. The van der Waals surface area contributed by atoms with Gasteiger partial charge in [0.25, 0.3) is 0 Å². The third kappa shape index (κ3) is 27.4. The van der Waals surface area contributed by atoms with Gasteiger partial charge in [0.15, 0.2) is 0 Å². The van der Waals surface area contributed by atoms with Gasteiger partial charge < -0.3 is 25.7 Å². The van der Waals surface area contributed by atoms with Crippen LogP contribution >= 0.6 is 0 Å². The predicted octanol–water partition coefficient (Wildman–Crippen LogP) is 9.07. The molecule has 1 amide bonds. The number of rotatable bonds is 34.